The molecule has 0 spiro atoms. The maximum atomic E-state index is 12.2. The summed E-state index contributed by atoms with van der Waals surface area (Å²) in [5.41, 5.74) is 3.58. The fraction of sp³-hybridized carbons (Fsp3) is 0.421. The molecule has 0 atom stereocenters. The van der Waals surface area contributed by atoms with Gasteiger partial charge < -0.3 is 10.4 Å². The average molecular weight is 378 g/mol. The summed E-state index contributed by atoms with van der Waals surface area (Å²) in [5.74, 6) is -0.831. The first kappa shape index (κ1) is 20.0. The minimum absolute atomic E-state index is 0.0508. The van der Waals surface area contributed by atoms with Gasteiger partial charge in [-0.25, -0.2) is 4.68 Å². The van der Waals surface area contributed by atoms with Crippen LogP contribution in [0.15, 0.2) is 24.3 Å². The molecule has 0 saturated carbocycles. The Morgan fingerprint density at radius 3 is 2.50 bits per heavy atom. The van der Waals surface area contributed by atoms with Crippen LogP contribution in [0.3, 0.4) is 0 Å². The van der Waals surface area contributed by atoms with Crippen LogP contribution in [0.5, 0.6) is 0 Å². The molecule has 0 aliphatic rings. The van der Waals surface area contributed by atoms with Crippen molar-refractivity contribution in [3.8, 4) is 5.69 Å². The van der Waals surface area contributed by atoms with Gasteiger partial charge in [-0.2, -0.15) is 5.10 Å². The second-order valence-electron chi connectivity index (χ2n) is 6.27. The Balaban J connectivity index is 1.90. The summed E-state index contributed by atoms with van der Waals surface area (Å²) < 4.78 is 1.82. The number of carboxylic acid groups (broad SMARTS) is 1. The van der Waals surface area contributed by atoms with Crippen molar-refractivity contribution in [2.24, 2.45) is 0 Å². The van der Waals surface area contributed by atoms with Gasteiger partial charge in [0.05, 0.1) is 17.8 Å². The second kappa shape index (κ2) is 9.38. The molecule has 0 bridgehead atoms. The Kier molecular flexibility index (Phi) is 7.21. The second-order valence-corrected chi connectivity index (χ2v) is 6.71. The fourth-order valence-electron chi connectivity index (χ4n) is 2.79. The lowest BCUT2D eigenvalue weighted by atomic mass is 10.1. The van der Waals surface area contributed by atoms with E-state index in [2.05, 4.69) is 10.4 Å². The molecule has 1 aromatic heterocycles. The highest BCUT2D eigenvalue weighted by Crippen LogP contribution is 2.20. The number of aromatic nitrogens is 2. The molecule has 26 heavy (non-hydrogen) atoms. The highest BCUT2D eigenvalue weighted by molar-refractivity contribution is 6.30. The average Bonchev–Trinajstić information content (AvgIpc) is 2.86. The normalized spacial score (nSPS) is 10.7. The molecule has 0 fully saturated rings. The molecule has 140 valence electrons. The number of carboxylic acids is 1. The highest BCUT2D eigenvalue weighted by Gasteiger charge is 2.15. The van der Waals surface area contributed by atoms with Gasteiger partial charge in [0.25, 0.3) is 0 Å². The number of aliphatic carboxylic acids is 1. The van der Waals surface area contributed by atoms with Crippen LogP contribution < -0.4 is 5.32 Å². The lowest BCUT2D eigenvalue weighted by Gasteiger charge is -2.07. The molecular weight excluding hydrogens is 354 g/mol. The minimum atomic E-state index is -0.780. The highest BCUT2D eigenvalue weighted by atomic mass is 35.5. The minimum Gasteiger partial charge on any atom is -0.481 e. The van der Waals surface area contributed by atoms with E-state index in [0.29, 0.717) is 18.0 Å². The van der Waals surface area contributed by atoms with Crippen molar-refractivity contribution in [2.45, 2.75) is 46.0 Å². The van der Waals surface area contributed by atoms with Crippen molar-refractivity contribution in [3.05, 3.63) is 46.2 Å². The molecule has 0 radical (unpaired) electrons. The van der Waals surface area contributed by atoms with Crippen molar-refractivity contribution in [1.82, 2.24) is 15.1 Å². The van der Waals surface area contributed by atoms with Gasteiger partial charge in [0, 0.05) is 29.2 Å². The molecule has 6 nitrogen and oxygen atoms in total. The van der Waals surface area contributed by atoms with Crippen LogP contribution in [0, 0.1) is 13.8 Å². The van der Waals surface area contributed by atoms with Gasteiger partial charge in [-0.1, -0.05) is 18.0 Å². The van der Waals surface area contributed by atoms with Gasteiger partial charge in [0.2, 0.25) is 5.91 Å². The van der Waals surface area contributed by atoms with E-state index >= 15 is 0 Å². The Hall–Kier alpha value is -2.34. The molecule has 7 heteroatoms. The van der Waals surface area contributed by atoms with Crippen molar-refractivity contribution >= 4 is 23.5 Å². The Morgan fingerprint density at radius 1 is 1.15 bits per heavy atom. The molecule has 1 aromatic carbocycles. The number of amides is 1. The maximum absolute atomic E-state index is 12.2. The van der Waals surface area contributed by atoms with Crippen LogP contribution >= 0.6 is 11.6 Å². The van der Waals surface area contributed by atoms with E-state index in [-0.39, 0.29) is 18.7 Å². The van der Waals surface area contributed by atoms with Crippen molar-refractivity contribution in [1.29, 1.82) is 0 Å². The summed E-state index contributed by atoms with van der Waals surface area (Å²) in [4.78, 5) is 22.6. The number of rotatable bonds is 9. The number of nitrogens with one attached hydrogen (secondary N) is 1. The lowest BCUT2D eigenvalue weighted by molar-refractivity contribution is -0.137. The predicted molar refractivity (Wildman–Crippen MR) is 101 cm³/mol. The van der Waals surface area contributed by atoms with Gasteiger partial charge >= 0.3 is 5.97 Å². The molecule has 2 N–H and O–H groups in total. The van der Waals surface area contributed by atoms with Crippen LogP contribution in [-0.4, -0.2) is 33.3 Å². The fourth-order valence-corrected chi connectivity index (χ4v) is 2.92. The number of carbonyl (C=O) groups excluding carboxylic acids is 1. The number of carbonyl (C=O) groups is 2. The van der Waals surface area contributed by atoms with Crippen molar-refractivity contribution in [2.75, 3.05) is 6.54 Å². The van der Waals surface area contributed by atoms with Gasteiger partial charge in [0.1, 0.15) is 0 Å². The third-order valence-electron chi connectivity index (χ3n) is 4.24. The topological polar surface area (TPSA) is 84.2 Å². The van der Waals surface area contributed by atoms with Gasteiger partial charge in [-0.15, -0.1) is 0 Å². The Bertz CT molecular complexity index is 769. The Labute approximate surface area is 158 Å². The molecule has 0 aliphatic carbocycles. The standard InChI is InChI=1S/C19H24ClN3O3/c1-13-17(12-18(24)21-11-5-3-4-6-19(25)26)14(2)23(22-13)16-9-7-15(20)8-10-16/h7-10H,3-6,11-12H2,1-2H3,(H,21,24)(H,25,26). The molecule has 1 amide bonds. The third-order valence-corrected chi connectivity index (χ3v) is 4.49. The monoisotopic (exact) mass is 377 g/mol. The molecule has 0 aliphatic heterocycles. The number of benzene rings is 1. The van der Waals surface area contributed by atoms with E-state index in [1.165, 1.54) is 0 Å². The first-order valence-electron chi connectivity index (χ1n) is 8.68. The van der Waals surface area contributed by atoms with Crippen LogP contribution in [-0.2, 0) is 16.0 Å². The number of nitrogens with zero attached hydrogens (tertiary/aromatic N) is 2. The number of unbranched alkanes of at least 4 members (excludes halogenated alkanes) is 2. The first-order chi connectivity index (χ1) is 12.4. The molecule has 1 heterocycles. The summed E-state index contributed by atoms with van der Waals surface area (Å²) in [5, 5.41) is 16.7. The Morgan fingerprint density at radius 2 is 1.85 bits per heavy atom. The quantitative estimate of drug-likeness (QED) is 0.655. The molecule has 0 saturated heterocycles. The summed E-state index contributed by atoms with van der Waals surface area (Å²) in [6.07, 6.45) is 2.66. The molecule has 2 rings (SSSR count). The van der Waals surface area contributed by atoms with E-state index in [0.717, 1.165) is 35.5 Å². The van der Waals surface area contributed by atoms with E-state index in [4.69, 9.17) is 16.7 Å². The van der Waals surface area contributed by atoms with E-state index in [1.807, 2.05) is 42.8 Å². The zero-order valence-corrected chi connectivity index (χ0v) is 15.8. The maximum Gasteiger partial charge on any atom is 0.303 e. The van der Waals surface area contributed by atoms with Gasteiger partial charge in [0.15, 0.2) is 0 Å². The molecule has 0 unspecified atom stereocenters. The number of hydrogen-bond acceptors (Lipinski definition) is 3. The van der Waals surface area contributed by atoms with Gasteiger partial charge in [-0.3, -0.25) is 9.59 Å². The van der Waals surface area contributed by atoms with Gasteiger partial charge in [-0.05, 0) is 51.0 Å². The van der Waals surface area contributed by atoms with Crippen LogP contribution in [0.2, 0.25) is 5.02 Å². The van der Waals surface area contributed by atoms with E-state index in [9.17, 15) is 9.59 Å². The summed E-state index contributed by atoms with van der Waals surface area (Å²) >= 11 is 5.93. The lowest BCUT2D eigenvalue weighted by Crippen LogP contribution is -2.26. The van der Waals surface area contributed by atoms with Crippen LogP contribution in [0.4, 0.5) is 0 Å². The largest absolute Gasteiger partial charge is 0.481 e. The molecular formula is C19H24ClN3O3. The third kappa shape index (κ3) is 5.59. The van der Waals surface area contributed by atoms with Crippen LogP contribution in [0.1, 0.15) is 42.6 Å². The first-order valence-corrected chi connectivity index (χ1v) is 9.06. The predicted octanol–water partition coefficient (Wildman–Crippen LogP) is 3.45. The smallest absolute Gasteiger partial charge is 0.303 e. The summed E-state index contributed by atoms with van der Waals surface area (Å²) in [7, 11) is 0. The number of aryl methyl sites for hydroxylation is 1. The molecule has 2 aromatic rings. The van der Waals surface area contributed by atoms with E-state index in [1.54, 1.807) is 0 Å². The van der Waals surface area contributed by atoms with E-state index < -0.39 is 5.97 Å². The van der Waals surface area contributed by atoms with Crippen molar-refractivity contribution < 1.29 is 14.7 Å². The number of halogens is 1. The SMILES string of the molecule is Cc1nn(-c2ccc(Cl)cc2)c(C)c1CC(=O)NCCCCCC(=O)O. The summed E-state index contributed by atoms with van der Waals surface area (Å²) in [6.45, 7) is 4.40. The number of hydrogen-bond donors (Lipinski definition) is 2. The zero-order valence-electron chi connectivity index (χ0n) is 15.1. The van der Waals surface area contributed by atoms with Crippen molar-refractivity contribution in [3.63, 3.8) is 0 Å². The summed E-state index contributed by atoms with van der Waals surface area (Å²) in [6, 6.07) is 7.40. The van der Waals surface area contributed by atoms with Crippen LogP contribution in [0.25, 0.3) is 5.69 Å². The zero-order chi connectivity index (χ0) is 19.1.